The normalized spacial score (nSPS) is 15.1. The number of aliphatic hydroxyl groups excluding tert-OH is 4. The predicted molar refractivity (Wildman–Crippen MR) is 305 cm³/mol. The van der Waals surface area contributed by atoms with E-state index in [4.69, 9.17) is 52.5 Å². The summed E-state index contributed by atoms with van der Waals surface area (Å²) in [5.74, 6) is -2.67. The third-order valence-electron chi connectivity index (χ3n) is 12.7. The van der Waals surface area contributed by atoms with E-state index in [1.54, 1.807) is 0 Å². The second kappa shape index (κ2) is 40.2. The largest absolute Gasteiger partial charge is 0.481 e. The van der Waals surface area contributed by atoms with Crippen LogP contribution in [-0.4, -0.2) is 188 Å². The number of carbonyl (C=O) groups is 5. The molecular weight excluding hydrogens is 1060 g/mol. The lowest BCUT2D eigenvalue weighted by Crippen LogP contribution is -2.41. The summed E-state index contributed by atoms with van der Waals surface area (Å²) in [4.78, 5) is 61.1. The molecular formula is C59H112N2O20. The number of ether oxygens (including phenoxy) is 10. The van der Waals surface area contributed by atoms with Gasteiger partial charge in [-0.1, -0.05) is 55.4 Å². The number of esters is 2. The van der Waals surface area contributed by atoms with Crippen LogP contribution in [0.4, 0.5) is 0 Å². The maximum atomic E-state index is 12.8. The van der Waals surface area contributed by atoms with Crippen molar-refractivity contribution in [3.63, 3.8) is 0 Å². The molecule has 2 amide bonds. The topological polar surface area (TPSA) is 303 Å². The van der Waals surface area contributed by atoms with Crippen molar-refractivity contribution in [3.05, 3.63) is 0 Å². The van der Waals surface area contributed by atoms with Crippen LogP contribution in [0.3, 0.4) is 0 Å². The second-order valence-corrected chi connectivity index (χ2v) is 25.9. The monoisotopic (exact) mass is 1170 g/mol. The van der Waals surface area contributed by atoms with Gasteiger partial charge in [-0.05, 0) is 129 Å². The van der Waals surface area contributed by atoms with E-state index in [9.17, 15) is 44.4 Å². The third-order valence-corrected chi connectivity index (χ3v) is 12.7. The van der Waals surface area contributed by atoms with Crippen molar-refractivity contribution in [2.45, 2.75) is 254 Å². The Morgan fingerprint density at radius 3 is 1.28 bits per heavy atom. The van der Waals surface area contributed by atoms with E-state index in [0.29, 0.717) is 64.8 Å². The van der Waals surface area contributed by atoms with Crippen LogP contribution in [-0.2, 0) is 71.3 Å². The highest BCUT2D eigenvalue weighted by molar-refractivity contribution is 5.77. The molecule has 7 N–H and O–H groups in total. The van der Waals surface area contributed by atoms with E-state index in [0.717, 1.165) is 6.42 Å². The van der Waals surface area contributed by atoms with E-state index in [1.807, 2.05) is 104 Å². The highest BCUT2D eigenvalue weighted by Gasteiger charge is 2.36. The lowest BCUT2D eigenvalue weighted by Gasteiger charge is -2.38. The van der Waals surface area contributed by atoms with Crippen LogP contribution in [0.1, 0.15) is 200 Å². The van der Waals surface area contributed by atoms with Gasteiger partial charge in [0.2, 0.25) is 11.8 Å². The number of carbonyl (C=O) groups excluding carboxylic acids is 4. The van der Waals surface area contributed by atoms with Gasteiger partial charge >= 0.3 is 17.9 Å². The molecule has 22 nitrogen and oxygen atoms in total. The molecule has 0 heterocycles. The minimum atomic E-state index is -1.12. The molecule has 0 aliphatic carbocycles. The van der Waals surface area contributed by atoms with E-state index in [-0.39, 0.29) is 115 Å². The van der Waals surface area contributed by atoms with E-state index in [2.05, 4.69) is 10.6 Å². The maximum absolute atomic E-state index is 12.8. The standard InChI is InChI=1S/C59H112N2O20/c1-16-30-72-32-33-73-31-23-47(67)61-29-28-60-46(66)19-17-21-49(70)74-41-52(79-55(5,6)7)77-44(38-63)35-57(10,11)25-27-59(14,15)81-53(42-75-50(71)22-18-20-48(68)69)78-45(39-64)36-56(8,9)24-26-58(12,13)80-51(40-65)76-43(37-62)34-54(2,3)4/h43-45,51-53,62-65H,16-42H2,1-15H3,(H,60,66)(H,61,67)(H,68,69). The molecule has 0 radical (unpaired) electrons. The van der Waals surface area contributed by atoms with Gasteiger partial charge in [-0.3, -0.25) is 24.0 Å². The molecule has 0 bridgehead atoms. The molecule has 478 valence electrons. The Kier molecular flexibility index (Phi) is 38.7. The van der Waals surface area contributed by atoms with Crippen LogP contribution in [0.25, 0.3) is 0 Å². The van der Waals surface area contributed by atoms with Gasteiger partial charge in [-0.25, -0.2) is 0 Å². The molecule has 0 aromatic carbocycles. The summed E-state index contributed by atoms with van der Waals surface area (Å²) in [6.07, 6.45) is -0.447. The minimum Gasteiger partial charge on any atom is -0.481 e. The average molecular weight is 1170 g/mol. The molecule has 0 spiro atoms. The Balaban J connectivity index is 5.63. The second-order valence-electron chi connectivity index (χ2n) is 25.9. The first-order valence-corrected chi connectivity index (χ1v) is 29.2. The summed E-state index contributed by atoms with van der Waals surface area (Å²) < 4.78 is 59.3. The van der Waals surface area contributed by atoms with Crippen molar-refractivity contribution in [3.8, 4) is 0 Å². The Morgan fingerprint density at radius 1 is 0.457 bits per heavy atom. The van der Waals surface area contributed by atoms with Crippen LogP contribution in [0.2, 0.25) is 0 Å². The molecule has 0 aromatic heterocycles. The molecule has 0 fully saturated rings. The fourth-order valence-corrected chi connectivity index (χ4v) is 8.50. The van der Waals surface area contributed by atoms with E-state index < -0.39 is 89.3 Å². The molecule has 0 aromatic rings. The highest BCUT2D eigenvalue weighted by Crippen LogP contribution is 2.37. The van der Waals surface area contributed by atoms with Gasteiger partial charge in [-0.15, -0.1) is 0 Å². The molecule has 0 aliphatic rings. The summed E-state index contributed by atoms with van der Waals surface area (Å²) in [6.45, 7) is 29.6. The molecule has 6 atom stereocenters. The number of amides is 2. The number of hydrogen-bond acceptors (Lipinski definition) is 19. The fraction of sp³-hybridized carbons (Fsp3) is 0.915. The van der Waals surface area contributed by atoms with Crippen molar-refractivity contribution < 1.29 is 96.9 Å². The van der Waals surface area contributed by atoms with Gasteiger partial charge in [0.05, 0.1) is 81.4 Å². The van der Waals surface area contributed by atoms with Gasteiger partial charge in [0.25, 0.3) is 0 Å². The fourth-order valence-electron chi connectivity index (χ4n) is 8.50. The Morgan fingerprint density at radius 2 is 0.864 bits per heavy atom. The Labute approximate surface area is 485 Å². The number of hydrogen-bond donors (Lipinski definition) is 7. The van der Waals surface area contributed by atoms with Gasteiger partial charge in [-0.2, -0.15) is 0 Å². The Bertz CT molecular complexity index is 1730. The number of nitrogens with one attached hydrogen (secondary N) is 2. The SMILES string of the molecule is CCCOCCOCCC(=O)NCCNC(=O)CCCC(=O)OCC(OC(CO)CC(C)(C)CCC(C)(C)OC(COC(=O)CCCC(=O)O)OC(CO)CC(C)(C)CCC(C)(C)OC(CO)OC(CO)CC(C)(C)C)OC(C)(C)C. The van der Waals surface area contributed by atoms with Crippen molar-refractivity contribution in [1.82, 2.24) is 10.6 Å². The zero-order valence-corrected chi connectivity index (χ0v) is 52.4. The summed E-state index contributed by atoms with van der Waals surface area (Å²) in [5.41, 5.74) is -3.33. The van der Waals surface area contributed by atoms with Crippen molar-refractivity contribution >= 4 is 29.7 Å². The van der Waals surface area contributed by atoms with Crippen molar-refractivity contribution in [2.24, 2.45) is 16.2 Å². The van der Waals surface area contributed by atoms with E-state index in [1.165, 1.54) is 0 Å². The quantitative estimate of drug-likeness (QED) is 0.0185. The average Bonchev–Trinajstić information content (AvgIpc) is 3.35. The summed E-state index contributed by atoms with van der Waals surface area (Å²) in [7, 11) is 0. The summed E-state index contributed by atoms with van der Waals surface area (Å²) in [5, 5.41) is 55.8. The third kappa shape index (κ3) is 44.1. The molecule has 22 heteroatoms. The van der Waals surface area contributed by atoms with Crippen LogP contribution >= 0.6 is 0 Å². The number of rotatable bonds is 49. The van der Waals surface area contributed by atoms with Crippen molar-refractivity contribution in [1.29, 1.82) is 0 Å². The van der Waals surface area contributed by atoms with Crippen LogP contribution in [0.15, 0.2) is 0 Å². The van der Waals surface area contributed by atoms with Gasteiger partial charge < -0.3 is 83.5 Å². The molecule has 0 saturated heterocycles. The number of carboxylic acid groups (broad SMARTS) is 1. The van der Waals surface area contributed by atoms with E-state index >= 15 is 0 Å². The summed E-state index contributed by atoms with van der Waals surface area (Å²) >= 11 is 0. The summed E-state index contributed by atoms with van der Waals surface area (Å²) in [6, 6.07) is 0. The minimum absolute atomic E-state index is 0.0334. The van der Waals surface area contributed by atoms with Gasteiger partial charge in [0.1, 0.15) is 13.2 Å². The highest BCUT2D eigenvalue weighted by atomic mass is 16.7. The lowest BCUT2D eigenvalue weighted by molar-refractivity contribution is -0.250. The first-order chi connectivity index (χ1) is 37.6. The first-order valence-electron chi connectivity index (χ1n) is 29.2. The molecule has 0 aliphatic heterocycles. The predicted octanol–water partition coefficient (Wildman–Crippen LogP) is 6.90. The first kappa shape index (κ1) is 77.9. The zero-order valence-electron chi connectivity index (χ0n) is 52.4. The number of aliphatic hydroxyl groups is 4. The van der Waals surface area contributed by atoms with Crippen LogP contribution in [0.5, 0.6) is 0 Å². The zero-order chi connectivity index (χ0) is 61.9. The number of aliphatic carboxylic acids is 1. The smallest absolute Gasteiger partial charge is 0.305 e. The van der Waals surface area contributed by atoms with Crippen LogP contribution < -0.4 is 10.6 Å². The molecule has 81 heavy (non-hydrogen) atoms. The Hall–Kier alpha value is -3.13. The van der Waals surface area contributed by atoms with Gasteiger partial charge in [0, 0.05) is 51.8 Å². The van der Waals surface area contributed by atoms with Crippen molar-refractivity contribution in [2.75, 3.05) is 79.2 Å². The van der Waals surface area contributed by atoms with Gasteiger partial charge in [0.15, 0.2) is 18.9 Å². The molecule has 0 rings (SSSR count). The lowest BCUT2D eigenvalue weighted by atomic mass is 9.79. The van der Waals surface area contributed by atoms with Crippen LogP contribution in [0, 0.1) is 16.2 Å². The molecule has 0 saturated carbocycles. The number of carboxylic acids is 1. The molecule has 6 unspecified atom stereocenters. The maximum Gasteiger partial charge on any atom is 0.305 e.